The second-order valence-electron chi connectivity index (χ2n) is 6.66. The molecule has 0 atom stereocenters. The standard InChI is InChI=1S/C19H19ClN4S/c20-19-21-17(16-14-7-4-8-15(14)25-18(16)22-19)24-11-9-23(10-12-24)13-5-2-1-3-6-13/h1-3,5-6H,4,7-12H2. The molecule has 0 amide bonds. The van der Waals surface area contributed by atoms with Crippen LogP contribution in [0.15, 0.2) is 30.3 Å². The van der Waals surface area contributed by atoms with Gasteiger partial charge in [-0.05, 0) is 48.6 Å². The van der Waals surface area contributed by atoms with E-state index in [0.717, 1.165) is 43.2 Å². The van der Waals surface area contributed by atoms with Crippen LogP contribution in [0.2, 0.25) is 5.28 Å². The molecule has 0 radical (unpaired) electrons. The maximum atomic E-state index is 6.24. The highest BCUT2D eigenvalue weighted by Gasteiger charge is 2.26. The largest absolute Gasteiger partial charge is 0.368 e. The van der Waals surface area contributed by atoms with Gasteiger partial charge >= 0.3 is 0 Å². The Morgan fingerprint density at radius 1 is 0.920 bits per heavy atom. The summed E-state index contributed by atoms with van der Waals surface area (Å²) in [5, 5.41) is 1.63. The van der Waals surface area contributed by atoms with Crippen molar-refractivity contribution in [2.45, 2.75) is 19.3 Å². The van der Waals surface area contributed by atoms with Gasteiger partial charge in [0.05, 0.1) is 5.39 Å². The Kier molecular flexibility index (Phi) is 3.79. The van der Waals surface area contributed by atoms with Crippen molar-refractivity contribution in [1.82, 2.24) is 9.97 Å². The molecule has 0 bridgehead atoms. The molecule has 2 aromatic heterocycles. The minimum Gasteiger partial charge on any atom is -0.368 e. The zero-order chi connectivity index (χ0) is 16.8. The SMILES string of the molecule is Clc1nc(N2CCN(c3ccccc3)CC2)c2c3c(sc2n1)CCC3. The predicted octanol–water partition coefficient (Wildman–Crippen LogP) is 4.16. The number of thiophene rings is 1. The molecule has 4 nitrogen and oxygen atoms in total. The summed E-state index contributed by atoms with van der Waals surface area (Å²) in [6.07, 6.45) is 3.58. The fourth-order valence-corrected chi connectivity index (χ4v) is 5.47. The lowest BCUT2D eigenvalue weighted by Gasteiger charge is -2.37. The van der Waals surface area contributed by atoms with Crippen LogP contribution in [0.5, 0.6) is 0 Å². The molecule has 3 aromatic rings. The van der Waals surface area contributed by atoms with Gasteiger partial charge in [-0.25, -0.2) is 4.98 Å². The Bertz CT molecular complexity index is 916. The first-order chi connectivity index (χ1) is 12.3. The molecule has 2 aliphatic rings. The van der Waals surface area contributed by atoms with Crippen LogP contribution in [0.25, 0.3) is 10.2 Å². The van der Waals surface area contributed by atoms with Crippen molar-refractivity contribution in [2.24, 2.45) is 0 Å². The highest BCUT2D eigenvalue weighted by Crippen LogP contribution is 2.41. The molecule has 3 heterocycles. The van der Waals surface area contributed by atoms with Crippen molar-refractivity contribution in [3.8, 4) is 0 Å². The number of halogens is 1. The van der Waals surface area contributed by atoms with Crippen LogP contribution >= 0.6 is 22.9 Å². The number of aromatic nitrogens is 2. The third-order valence-corrected chi connectivity index (χ3v) is 6.57. The van der Waals surface area contributed by atoms with Crippen LogP contribution in [0, 0.1) is 0 Å². The van der Waals surface area contributed by atoms with Gasteiger partial charge in [0.2, 0.25) is 5.28 Å². The third-order valence-electron chi connectivity index (χ3n) is 5.22. The van der Waals surface area contributed by atoms with Crippen molar-refractivity contribution in [3.63, 3.8) is 0 Å². The van der Waals surface area contributed by atoms with Crippen LogP contribution in [-0.2, 0) is 12.8 Å². The molecule has 6 heteroatoms. The van der Waals surface area contributed by atoms with Gasteiger partial charge in [0, 0.05) is 36.7 Å². The minimum atomic E-state index is 0.368. The Labute approximate surface area is 156 Å². The van der Waals surface area contributed by atoms with Gasteiger partial charge in [0.1, 0.15) is 10.6 Å². The number of nitrogens with zero attached hydrogens (tertiary/aromatic N) is 4. The number of benzene rings is 1. The zero-order valence-corrected chi connectivity index (χ0v) is 15.5. The summed E-state index contributed by atoms with van der Waals surface area (Å²) in [7, 11) is 0. The van der Waals surface area contributed by atoms with Crippen LogP contribution < -0.4 is 9.80 Å². The monoisotopic (exact) mass is 370 g/mol. The number of fused-ring (bicyclic) bond motifs is 3. The summed E-state index contributed by atoms with van der Waals surface area (Å²) in [6, 6.07) is 10.6. The van der Waals surface area contributed by atoms with Gasteiger partial charge in [0.25, 0.3) is 0 Å². The van der Waals surface area contributed by atoms with E-state index in [4.69, 9.17) is 11.6 Å². The first-order valence-corrected chi connectivity index (χ1v) is 10.0. The van der Waals surface area contributed by atoms with E-state index in [0.29, 0.717) is 5.28 Å². The van der Waals surface area contributed by atoms with Crippen molar-refractivity contribution in [3.05, 3.63) is 46.1 Å². The Balaban J connectivity index is 1.46. The fraction of sp³-hybridized carbons (Fsp3) is 0.368. The lowest BCUT2D eigenvalue weighted by Crippen LogP contribution is -2.47. The molecule has 1 aromatic carbocycles. The molecule has 0 unspecified atom stereocenters. The maximum absolute atomic E-state index is 6.24. The summed E-state index contributed by atoms with van der Waals surface area (Å²) in [6.45, 7) is 3.92. The lowest BCUT2D eigenvalue weighted by atomic mass is 10.1. The van der Waals surface area contributed by atoms with E-state index >= 15 is 0 Å². The van der Waals surface area contributed by atoms with Gasteiger partial charge in [-0.3, -0.25) is 0 Å². The zero-order valence-electron chi connectivity index (χ0n) is 13.9. The lowest BCUT2D eigenvalue weighted by molar-refractivity contribution is 0.649. The molecule has 0 spiro atoms. The van der Waals surface area contributed by atoms with Crippen LogP contribution in [0.3, 0.4) is 0 Å². The summed E-state index contributed by atoms with van der Waals surface area (Å²) in [5.41, 5.74) is 2.77. The molecule has 1 aliphatic heterocycles. The third kappa shape index (κ3) is 2.66. The summed E-state index contributed by atoms with van der Waals surface area (Å²) in [5.74, 6) is 1.04. The smallest absolute Gasteiger partial charge is 0.225 e. The van der Waals surface area contributed by atoms with Crippen molar-refractivity contribution in [2.75, 3.05) is 36.0 Å². The van der Waals surface area contributed by atoms with E-state index < -0.39 is 0 Å². The van der Waals surface area contributed by atoms with Crippen LogP contribution in [0.1, 0.15) is 16.9 Å². The Morgan fingerprint density at radius 3 is 2.48 bits per heavy atom. The van der Waals surface area contributed by atoms with Crippen LogP contribution in [-0.4, -0.2) is 36.1 Å². The number of hydrogen-bond acceptors (Lipinski definition) is 5. The van der Waals surface area contributed by atoms with E-state index in [1.807, 2.05) is 0 Å². The molecule has 1 aliphatic carbocycles. The Morgan fingerprint density at radius 2 is 1.68 bits per heavy atom. The molecule has 0 saturated carbocycles. The van der Waals surface area contributed by atoms with E-state index in [1.54, 1.807) is 11.3 Å². The highest BCUT2D eigenvalue weighted by molar-refractivity contribution is 7.19. The predicted molar refractivity (Wildman–Crippen MR) is 105 cm³/mol. The molecule has 1 saturated heterocycles. The number of aryl methyl sites for hydroxylation is 2. The number of piperazine rings is 1. The van der Waals surface area contributed by atoms with E-state index in [1.165, 1.54) is 34.4 Å². The maximum Gasteiger partial charge on any atom is 0.225 e. The van der Waals surface area contributed by atoms with E-state index in [9.17, 15) is 0 Å². The second-order valence-corrected chi connectivity index (χ2v) is 8.09. The van der Waals surface area contributed by atoms with Crippen molar-refractivity contribution >= 4 is 44.7 Å². The molecule has 0 N–H and O–H groups in total. The first kappa shape index (κ1) is 15.4. The van der Waals surface area contributed by atoms with Gasteiger partial charge in [0.15, 0.2) is 0 Å². The van der Waals surface area contributed by atoms with Crippen LogP contribution in [0.4, 0.5) is 11.5 Å². The van der Waals surface area contributed by atoms with Gasteiger partial charge in [-0.1, -0.05) is 18.2 Å². The Hall–Kier alpha value is -1.85. The number of rotatable bonds is 2. The number of hydrogen-bond donors (Lipinski definition) is 0. The first-order valence-electron chi connectivity index (χ1n) is 8.82. The quantitative estimate of drug-likeness (QED) is 0.634. The molecular weight excluding hydrogens is 352 g/mol. The molecule has 25 heavy (non-hydrogen) atoms. The fourth-order valence-electron chi connectivity index (χ4n) is 4.00. The molecule has 5 rings (SSSR count). The minimum absolute atomic E-state index is 0.368. The molecular formula is C19H19ClN4S. The normalized spacial score (nSPS) is 17.3. The van der Waals surface area contributed by atoms with Crippen molar-refractivity contribution < 1.29 is 0 Å². The van der Waals surface area contributed by atoms with Gasteiger partial charge in [-0.2, -0.15) is 4.98 Å². The van der Waals surface area contributed by atoms with E-state index in [-0.39, 0.29) is 0 Å². The summed E-state index contributed by atoms with van der Waals surface area (Å²) in [4.78, 5) is 16.5. The average Bonchev–Trinajstić information content (AvgIpc) is 3.22. The second kappa shape index (κ2) is 6.15. The molecule has 128 valence electrons. The summed E-state index contributed by atoms with van der Waals surface area (Å²) < 4.78 is 0. The summed E-state index contributed by atoms with van der Waals surface area (Å²) >= 11 is 8.04. The van der Waals surface area contributed by atoms with Crippen molar-refractivity contribution in [1.29, 1.82) is 0 Å². The van der Waals surface area contributed by atoms with Gasteiger partial charge in [-0.15, -0.1) is 11.3 Å². The molecule has 1 fully saturated rings. The number of anilines is 2. The van der Waals surface area contributed by atoms with E-state index in [2.05, 4.69) is 50.1 Å². The number of para-hydroxylation sites is 1. The average molecular weight is 371 g/mol. The van der Waals surface area contributed by atoms with Gasteiger partial charge < -0.3 is 9.80 Å². The highest BCUT2D eigenvalue weighted by atomic mass is 35.5. The topological polar surface area (TPSA) is 32.3 Å².